The molecule has 7 nitrogen and oxygen atoms in total. The first-order valence-electron chi connectivity index (χ1n) is 10.5. The highest BCUT2D eigenvalue weighted by Gasteiger charge is 2.29. The number of para-hydroxylation sites is 1. The van der Waals surface area contributed by atoms with Crippen LogP contribution in [0.25, 0.3) is 6.08 Å². The molecular weight excluding hydrogens is 380 g/mol. The molecular formula is C23H24N4O3. The van der Waals surface area contributed by atoms with E-state index in [1.54, 1.807) is 17.2 Å². The molecule has 2 aliphatic heterocycles. The molecule has 2 aromatic rings. The van der Waals surface area contributed by atoms with Gasteiger partial charge in [0.1, 0.15) is 11.4 Å². The third kappa shape index (κ3) is 3.75. The smallest absolute Gasteiger partial charge is 0.274 e. The van der Waals surface area contributed by atoms with Crippen molar-refractivity contribution in [3.63, 3.8) is 0 Å². The van der Waals surface area contributed by atoms with Gasteiger partial charge in [0.15, 0.2) is 0 Å². The Kier molecular flexibility index (Phi) is 4.86. The number of rotatable bonds is 3. The van der Waals surface area contributed by atoms with Crippen molar-refractivity contribution < 1.29 is 14.3 Å². The number of fused-ring (bicyclic) bond motifs is 1. The quantitative estimate of drug-likeness (QED) is 0.853. The van der Waals surface area contributed by atoms with E-state index in [0.29, 0.717) is 43.4 Å². The summed E-state index contributed by atoms with van der Waals surface area (Å²) in [4.78, 5) is 29.6. The molecule has 1 saturated carbocycles. The van der Waals surface area contributed by atoms with Crippen molar-refractivity contribution in [2.24, 2.45) is 0 Å². The number of nitrogens with one attached hydrogen (secondary N) is 1. The number of benzene rings is 1. The van der Waals surface area contributed by atoms with Crippen LogP contribution >= 0.6 is 0 Å². The van der Waals surface area contributed by atoms with Crippen LogP contribution in [0.4, 0.5) is 0 Å². The van der Waals surface area contributed by atoms with Gasteiger partial charge in [0.05, 0.1) is 6.26 Å². The molecule has 7 heteroatoms. The number of aromatic amines is 1. The maximum absolute atomic E-state index is 13.1. The van der Waals surface area contributed by atoms with Gasteiger partial charge in [-0.2, -0.15) is 5.10 Å². The molecule has 5 rings (SSSR count). The molecule has 1 aromatic carbocycles. The summed E-state index contributed by atoms with van der Waals surface area (Å²) in [5, 5.41) is 7.21. The van der Waals surface area contributed by atoms with Crippen molar-refractivity contribution in [1.82, 2.24) is 20.0 Å². The minimum Gasteiger partial charge on any atom is -0.464 e. The van der Waals surface area contributed by atoms with Gasteiger partial charge in [-0.15, -0.1) is 0 Å². The summed E-state index contributed by atoms with van der Waals surface area (Å²) in [5.41, 5.74) is 2.99. The van der Waals surface area contributed by atoms with Crippen molar-refractivity contribution >= 4 is 17.9 Å². The average Bonchev–Trinajstić information content (AvgIpc) is 3.57. The number of carbonyl (C=O) groups is 2. The molecule has 1 aliphatic carbocycles. The van der Waals surface area contributed by atoms with E-state index in [-0.39, 0.29) is 11.8 Å². The fraction of sp³-hybridized carbons (Fsp3) is 0.348. The molecule has 1 N–H and O–H groups in total. The maximum atomic E-state index is 13.1. The van der Waals surface area contributed by atoms with E-state index in [9.17, 15) is 9.59 Å². The van der Waals surface area contributed by atoms with Gasteiger partial charge in [-0.1, -0.05) is 18.2 Å². The number of ether oxygens (including phenoxy) is 1. The van der Waals surface area contributed by atoms with Crippen LogP contribution in [-0.4, -0.2) is 58.0 Å². The van der Waals surface area contributed by atoms with E-state index in [4.69, 9.17) is 4.74 Å². The summed E-state index contributed by atoms with van der Waals surface area (Å²) in [5.74, 6) is 1.15. The molecule has 0 radical (unpaired) electrons. The first-order valence-corrected chi connectivity index (χ1v) is 10.5. The molecule has 2 amide bonds. The monoisotopic (exact) mass is 404 g/mol. The average molecular weight is 404 g/mol. The molecule has 0 atom stereocenters. The van der Waals surface area contributed by atoms with Crippen LogP contribution in [-0.2, 0) is 4.79 Å². The van der Waals surface area contributed by atoms with Crippen molar-refractivity contribution in [2.45, 2.75) is 25.2 Å². The van der Waals surface area contributed by atoms with Crippen molar-refractivity contribution in [3.05, 3.63) is 65.2 Å². The Morgan fingerprint density at radius 3 is 2.60 bits per heavy atom. The van der Waals surface area contributed by atoms with Crippen molar-refractivity contribution in [2.75, 3.05) is 26.2 Å². The lowest BCUT2D eigenvalue weighted by Gasteiger charge is -2.22. The van der Waals surface area contributed by atoms with Crippen LogP contribution in [0.1, 0.15) is 46.9 Å². The predicted molar refractivity (Wildman–Crippen MR) is 112 cm³/mol. The number of nitrogens with zero attached hydrogens (tertiary/aromatic N) is 3. The van der Waals surface area contributed by atoms with Crippen LogP contribution < -0.4 is 4.74 Å². The molecule has 30 heavy (non-hydrogen) atoms. The lowest BCUT2D eigenvalue weighted by atomic mass is 10.1. The Hall–Kier alpha value is -3.35. The predicted octanol–water partition coefficient (Wildman–Crippen LogP) is 2.95. The molecule has 0 spiro atoms. The topological polar surface area (TPSA) is 78.5 Å². The summed E-state index contributed by atoms with van der Waals surface area (Å²) < 4.78 is 5.60. The lowest BCUT2D eigenvalue weighted by Crippen LogP contribution is -2.37. The SMILES string of the molecule is O=C(C1=Cc2ccccc2OC=C1)N1CCCN(C(=O)c2cc(C3CC3)[nH]n2)CC1. The minimum atomic E-state index is -0.0663. The Morgan fingerprint density at radius 2 is 1.80 bits per heavy atom. The van der Waals surface area contributed by atoms with Crippen LogP contribution in [0.3, 0.4) is 0 Å². The van der Waals surface area contributed by atoms with Gasteiger partial charge in [-0.25, -0.2) is 0 Å². The molecule has 1 saturated heterocycles. The second-order valence-corrected chi connectivity index (χ2v) is 7.98. The van der Waals surface area contributed by atoms with Gasteiger partial charge in [-0.05, 0) is 43.5 Å². The van der Waals surface area contributed by atoms with E-state index in [0.717, 1.165) is 36.3 Å². The number of carbonyl (C=O) groups excluding carboxylic acids is 2. The second-order valence-electron chi connectivity index (χ2n) is 7.98. The van der Waals surface area contributed by atoms with Crippen LogP contribution in [0.5, 0.6) is 5.75 Å². The molecule has 0 unspecified atom stereocenters. The zero-order valence-corrected chi connectivity index (χ0v) is 16.7. The highest BCUT2D eigenvalue weighted by Crippen LogP contribution is 2.39. The fourth-order valence-electron chi connectivity index (χ4n) is 3.95. The van der Waals surface area contributed by atoms with E-state index in [1.807, 2.05) is 41.3 Å². The standard InChI is InChI=1S/C23H24N4O3/c28-22(18-8-13-30-21-5-2-1-4-17(21)14-18)26-9-3-10-27(12-11-26)23(29)20-15-19(24-25-20)16-6-7-16/h1-2,4-5,8,13-16H,3,6-7,9-12H2,(H,24,25). The van der Waals surface area contributed by atoms with Gasteiger partial charge in [0, 0.05) is 48.9 Å². The number of H-pyrrole nitrogens is 1. The summed E-state index contributed by atoms with van der Waals surface area (Å²) >= 11 is 0. The molecule has 3 heterocycles. The summed E-state index contributed by atoms with van der Waals surface area (Å²) in [6, 6.07) is 9.51. The molecule has 1 aromatic heterocycles. The fourth-order valence-corrected chi connectivity index (χ4v) is 3.95. The first kappa shape index (κ1) is 18.7. The van der Waals surface area contributed by atoms with Gasteiger partial charge in [0.25, 0.3) is 11.8 Å². The molecule has 2 fully saturated rings. The Balaban J connectivity index is 1.26. The third-order valence-electron chi connectivity index (χ3n) is 5.82. The number of hydrogen-bond donors (Lipinski definition) is 1. The zero-order chi connectivity index (χ0) is 20.5. The van der Waals surface area contributed by atoms with Crippen molar-refractivity contribution in [1.29, 1.82) is 0 Å². The summed E-state index contributed by atoms with van der Waals surface area (Å²) in [6.45, 7) is 2.23. The van der Waals surface area contributed by atoms with E-state index in [2.05, 4.69) is 10.2 Å². The van der Waals surface area contributed by atoms with Gasteiger partial charge >= 0.3 is 0 Å². The van der Waals surface area contributed by atoms with E-state index >= 15 is 0 Å². The Morgan fingerprint density at radius 1 is 1.03 bits per heavy atom. The second kappa shape index (κ2) is 7.82. The van der Waals surface area contributed by atoms with E-state index < -0.39 is 0 Å². The van der Waals surface area contributed by atoms with Crippen LogP contribution in [0.2, 0.25) is 0 Å². The molecule has 0 bridgehead atoms. The Labute approximate surface area is 175 Å². The summed E-state index contributed by atoms with van der Waals surface area (Å²) in [7, 11) is 0. The first-order chi connectivity index (χ1) is 14.7. The number of hydrogen-bond acceptors (Lipinski definition) is 4. The van der Waals surface area contributed by atoms with Gasteiger partial charge in [-0.3, -0.25) is 14.7 Å². The number of amides is 2. The minimum absolute atomic E-state index is 0.0448. The normalized spacial score (nSPS) is 18.7. The molecule has 3 aliphatic rings. The maximum Gasteiger partial charge on any atom is 0.274 e. The number of aromatic nitrogens is 2. The summed E-state index contributed by atoms with van der Waals surface area (Å²) in [6.07, 6.45) is 8.18. The lowest BCUT2D eigenvalue weighted by molar-refractivity contribution is -0.126. The third-order valence-corrected chi connectivity index (χ3v) is 5.82. The van der Waals surface area contributed by atoms with Crippen LogP contribution in [0, 0.1) is 0 Å². The van der Waals surface area contributed by atoms with Gasteiger partial charge in [0.2, 0.25) is 0 Å². The molecule has 154 valence electrons. The zero-order valence-electron chi connectivity index (χ0n) is 16.7. The van der Waals surface area contributed by atoms with Gasteiger partial charge < -0.3 is 14.5 Å². The Bertz CT molecular complexity index is 1030. The van der Waals surface area contributed by atoms with Crippen molar-refractivity contribution in [3.8, 4) is 5.75 Å². The van der Waals surface area contributed by atoms with Crippen LogP contribution in [0.15, 0.2) is 48.2 Å². The highest BCUT2D eigenvalue weighted by molar-refractivity contribution is 6.01. The largest absolute Gasteiger partial charge is 0.464 e. The van der Waals surface area contributed by atoms with E-state index in [1.165, 1.54) is 0 Å². The highest BCUT2D eigenvalue weighted by atomic mass is 16.5.